The van der Waals surface area contributed by atoms with Crippen LogP contribution in [0.3, 0.4) is 0 Å². The average molecular weight is 1090 g/mol. The lowest BCUT2D eigenvalue weighted by atomic mass is 9.97. The van der Waals surface area contributed by atoms with Gasteiger partial charge in [-0.05, 0) is 12.8 Å². The van der Waals surface area contributed by atoms with Gasteiger partial charge in [-0.25, -0.2) is 0 Å². The van der Waals surface area contributed by atoms with Gasteiger partial charge in [0.05, 0.1) is 32.0 Å². The summed E-state index contributed by atoms with van der Waals surface area (Å²) in [7, 11) is 0. The maximum atomic E-state index is 13.2. The molecule has 0 spiro atoms. The molecule has 12 unspecified atom stereocenters. The number of amides is 1. The highest BCUT2D eigenvalue weighted by molar-refractivity contribution is 5.76. The predicted octanol–water partition coefficient (Wildman–Crippen LogP) is 11.7. The number of hydrogen-bond donors (Lipinski definition) is 9. The summed E-state index contributed by atoms with van der Waals surface area (Å²) in [5.74, 6) is -0.202. The Morgan fingerprint density at radius 2 is 0.750 bits per heavy atom. The minimum atomic E-state index is -1.78. The van der Waals surface area contributed by atoms with E-state index in [1.54, 1.807) is 0 Å². The normalized spacial score (nSPS) is 24.8. The number of aliphatic hydroxyl groups is 8. The highest BCUT2D eigenvalue weighted by Gasteiger charge is 2.51. The molecule has 1 amide bonds. The molecule has 2 fully saturated rings. The number of carbonyl (C=O) groups is 1. The van der Waals surface area contributed by atoms with E-state index in [1.165, 1.54) is 218 Å². The fraction of sp³-hybridized carbons (Fsp3) is 0.984. The first kappa shape index (κ1) is 71.1. The molecule has 2 aliphatic rings. The van der Waals surface area contributed by atoms with E-state index in [0.29, 0.717) is 12.8 Å². The molecule has 0 aromatic carbocycles. The van der Waals surface area contributed by atoms with Gasteiger partial charge in [-0.1, -0.05) is 277 Å². The second kappa shape index (κ2) is 48.7. The first-order valence-corrected chi connectivity index (χ1v) is 32.3. The number of rotatable bonds is 53. The van der Waals surface area contributed by atoms with E-state index in [4.69, 9.17) is 18.9 Å². The van der Waals surface area contributed by atoms with Crippen LogP contribution in [0.15, 0.2) is 0 Å². The van der Waals surface area contributed by atoms with E-state index in [0.717, 1.165) is 51.4 Å². The summed E-state index contributed by atoms with van der Waals surface area (Å²) >= 11 is 0. The third-order valence-electron chi connectivity index (χ3n) is 16.3. The molecule has 2 heterocycles. The Balaban J connectivity index is 1.63. The Bertz CT molecular complexity index is 1280. The van der Waals surface area contributed by atoms with Gasteiger partial charge in [-0.3, -0.25) is 4.79 Å². The SMILES string of the molecule is CCCCCCCCCCCCCCCCCCCCCCCCCCCCCCCCC(O)C(COC1OC(CO)C(OC2OC(CO)C(O)C(O)C2O)C(O)C1O)NC(=O)CCCCCCCCCCCCCC. The Kier molecular flexibility index (Phi) is 45.5. The van der Waals surface area contributed by atoms with Gasteiger partial charge in [0.2, 0.25) is 5.91 Å². The molecule has 14 nitrogen and oxygen atoms in total. The molecule has 12 atom stereocenters. The second-order valence-electron chi connectivity index (χ2n) is 23.3. The third kappa shape index (κ3) is 33.7. The molecule has 14 heteroatoms. The van der Waals surface area contributed by atoms with Crippen molar-refractivity contribution in [3.8, 4) is 0 Å². The van der Waals surface area contributed by atoms with Gasteiger partial charge in [0.1, 0.15) is 48.8 Å². The molecule has 452 valence electrons. The van der Waals surface area contributed by atoms with E-state index in [2.05, 4.69) is 19.2 Å². The van der Waals surface area contributed by atoms with Crippen LogP contribution in [0.2, 0.25) is 0 Å². The van der Waals surface area contributed by atoms with Crippen LogP contribution in [0.1, 0.15) is 296 Å². The molecule has 0 bridgehead atoms. The van der Waals surface area contributed by atoms with Crippen molar-refractivity contribution in [3.63, 3.8) is 0 Å². The fourth-order valence-electron chi connectivity index (χ4n) is 11.1. The molecule has 2 saturated heterocycles. The number of carbonyl (C=O) groups excluding carboxylic acids is 1. The molecule has 0 aliphatic carbocycles. The van der Waals surface area contributed by atoms with E-state index in [-0.39, 0.29) is 12.5 Å². The Labute approximate surface area is 464 Å². The summed E-state index contributed by atoms with van der Waals surface area (Å²) in [4.78, 5) is 13.2. The van der Waals surface area contributed by atoms with Gasteiger partial charge in [0, 0.05) is 6.42 Å². The first-order chi connectivity index (χ1) is 37.1. The van der Waals surface area contributed by atoms with E-state index in [9.17, 15) is 45.6 Å². The zero-order valence-corrected chi connectivity index (χ0v) is 48.8. The predicted molar refractivity (Wildman–Crippen MR) is 305 cm³/mol. The van der Waals surface area contributed by atoms with Crippen LogP contribution in [0.4, 0.5) is 0 Å². The summed E-state index contributed by atoms with van der Waals surface area (Å²) in [6.07, 6.45) is 38.5. The molecule has 0 saturated carbocycles. The van der Waals surface area contributed by atoms with Crippen molar-refractivity contribution < 1.29 is 64.6 Å². The van der Waals surface area contributed by atoms with E-state index >= 15 is 0 Å². The van der Waals surface area contributed by atoms with Gasteiger partial charge in [0.25, 0.3) is 0 Å². The van der Waals surface area contributed by atoms with Crippen molar-refractivity contribution in [1.82, 2.24) is 5.32 Å². The van der Waals surface area contributed by atoms with Crippen LogP contribution in [-0.2, 0) is 23.7 Å². The third-order valence-corrected chi connectivity index (χ3v) is 16.3. The summed E-state index contributed by atoms with van der Waals surface area (Å²) in [5, 5.41) is 87.3. The zero-order valence-electron chi connectivity index (χ0n) is 48.8. The van der Waals surface area contributed by atoms with Crippen LogP contribution in [0, 0.1) is 0 Å². The summed E-state index contributed by atoms with van der Waals surface area (Å²) in [6, 6.07) is -0.822. The highest BCUT2D eigenvalue weighted by Crippen LogP contribution is 2.30. The largest absolute Gasteiger partial charge is 0.394 e. The molecule has 0 radical (unpaired) electrons. The lowest BCUT2D eigenvalue weighted by Gasteiger charge is -2.46. The Morgan fingerprint density at radius 1 is 0.421 bits per heavy atom. The number of nitrogens with one attached hydrogen (secondary N) is 1. The number of ether oxygens (including phenoxy) is 4. The van der Waals surface area contributed by atoms with E-state index < -0.39 is 86.8 Å². The van der Waals surface area contributed by atoms with Gasteiger partial charge < -0.3 is 65.1 Å². The molecule has 2 rings (SSSR count). The van der Waals surface area contributed by atoms with Gasteiger partial charge in [0.15, 0.2) is 12.6 Å². The maximum absolute atomic E-state index is 13.2. The number of aliphatic hydroxyl groups excluding tert-OH is 8. The van der Waals surface area contributed by atoms with Crippen molar-refractivity contribution in [1.29, 1.82) is 0 Å². The summed E-state index contributed by atoms with van der Waals surface area (Å²) < 4.78 is 22.8. The van der Waals surface area contributed by atoms with Crippen molar-refractivity contribution in [3.05, 3.63) is 0 Å². The lowest BCUT2D eigenvalue weighted by Crippen LogP contribution is -2.65. The van der Waals surface area contributed by atoms with E-state index in [1.807, 2.05) is 0 Å². The van der Waals surface area contributed by atoms with Crippen molar-refractivity contribution in [2.75, 3.05) is 19.8 Å². The monoisotopic (exact) mass is 1090 g/mol. The smallest absolute Gasteiger partial charge is 0.220 e. The van der Waals surface area contributed by atoms with Crippen molar-refractivity contribution in [2.45, 2.75) is 370 Å². The molecule has 9 N–H and O–H groups in total. The van der Waals surface area contributed by atoms with Crippen LogP contribution in [0.5, 0.6) is 0 Å². The fourth-order valence-corrected chi connectivity index (χ4v) is 11.1. The van der Waals surface area contributed by atoms with Crippen LogP contribution < -0.4 is 5.32 Å². The molecule has 0 aromatic heterocycles. The molecule has 0 aromatic rings. The average Bonchev–Trinajstić information content (AvgIpc) is 3.42. The highest BCUT2D eigenvalue weighted by atomic mass is 16.7. The number of unbranched alkanes of at least 4 members (excludes halogenated alkanes) is 40. The summed E-state index contributed by atoms with van der Waals surface area (Å²) in [6.45, 7) is 2.89. The summed E-state index contributed by atoms with van der Waals surface area (Å²) in [5.41, 5.74) is 0. The lowest BCUT2D eigenvalue weighted by molar-refractivity contribution is -0.359. The Hall–Kier alpha value is -1.01. The molecule has 2 aliphatic heterocycles. The van der Waals surface area contributed by atoms with Crippen LogP contribution in [0.25, 0.3) is 0 Å². The molecular weight excluding hydrogens is 967 g/mol. The van der Waals surface area contributed by atoms with Gasteiger partial charge in [-0.15, -0.1) is 0 Å². The minimum Gasteiger partial charge on any atom is -0.394 e. The molecule has 76 heavy (non-hydrogen) atoms. The zero-order chi connectivity index (χ0) is 55.3. The van der Waals surface area contributed by atoms with Gasteiger partial charge in [-0.2, -0.15) is 0 Å². The quantitative estimate of drug-likeness (QED) is 0.0259. The standard InChI is InChI=1S/C62H121NO13/c1-3-5-7-9-11-13-15-17-18-19-20-21-22-23-24-25-26-27-28-29-30-31-32-33-34-35-37-39-41-43-45-51(66)50(63-54(67)46-44-42-40-38-36-16-14-12-10-8-6-4-2)49-73-61-59(72)57(70)60(53(48-65)75-61)76-62-58(71)56(69)55(68)52(47-64)74-62/h50-53,55-62,64-66,68-72H,3-49H2,1-2H3,(H,63,67). The minimum absolute atomic E-state index is 0.202. The topological polar surface area (TPSA) is 228 Å². The Morgan fingerprint density at radius 3 is 1.12 bits per heavy atom. The molecular formula is C62H121NO13. The van der Waals surface area contributed by atoms with Crippen LogP contribution in [-0.4, -0.2) is 140 Å². The van der Waals surface area contributed by atoms with Crippen molar-refractivity contribution in [2.24, 2.45) is 0 Å². The first-order valence-electron chi connectivity index (χ1n) is 32.3. The van der Waals surface area contributed by atoms with Gasteiger partial charge >= 0.3 is 0 Å². The maximum Gasteiger partial charge on any atom is 0.220 e. The van der Waals surface area contributed by atoms with Crippen LogP contribution >= 0.6 is 0 Å². The number of hydrogen-bond acceptors (Lipinski definition) is 13. The van der Waals surface area contributed by atoms with Crippen molar-refractivity contribution >= 4 is 5.91 Å². The second-order valence-corrected chi connectivity index (χ2v) is 23.3.